The van der Waals surface area contributed by atoms with Gasteiger partial charge >= 0.3 is 0 Å². The van der Waals surface area contributed by atoms with Crippen molar-refractivity contribution in [2.45, 2.75) is 25.7 Å². The van der Waals surface area contributed by atoms with Crippen LogP contribution in [0.15, 0.2) is 5.38 Å². The van der Waals surface area contributed by atoms with Crippen LogP contribution in [0.3, 0.4) is 0 Å². The SMILES string of the molecule is Cl.Cl.NCCC(=O)NCCc1csc(N2CCCC2)n1. The fraction of sp³-hybridized carbons (Fsp3) is 0.667. The largest absolute Gasteiger partial charge is 0.356 e. The highest BCUT2D eigenvalue weighted by Gasteiger charge is 2.15. The molecule has 3 N–H and O–H groups in total. The van der Waals surface area contributed by atoms with E-state index in [1.807, 2.05) is 0 Å². The second kappa shape index (κ2) is 10.2. The average molecular weight is 341 g/mol. The van der Waals surface area contributed by atoms with Crippen molar-refractivity contribution < 1.29 is 4.79 Å². The summed E-state index contributed by atoms with van der Waals surface area (Å²) in [4.78, 5) is 18.2. The van der Waals surface area contributed by atoms with Crippen molar-refractivity contribution in [1.29, 1.82) is 0 Å². The molecule has 0 unspecified atom stereocenters. The Kier molecular flexibility index (Phi) is 9.92. The molecule has 1 aliphatic rings. The number of aromatic nitrogens is 1. The van der Waals surface area contributed by atoms with Gasteiger partial charge in [-0.3, -0.25) is 4.79 Å². The molecule has 1 aromatic heterocycles. The highest BCUT2D eigenvalue weighted by Crippen LogP contribution is 2.24. The second-order valence-electron chi connectivity index (χ2n) is 4.45. The third kappa shape index (κ3) is 5.83. The third-order valence-corrected chi connectivity index (χ3v) is 3.94. The summed E-state index contributed by atoms with van der Waals surface area (Å²) >= 11 is 1.70. The standard InChI is InChI=1S/C12H20N4OS.2ClH/c13-5-3-11(17)14-6-4-10-9-18-12(15-10)16-7-1-2-8-16;;/h9H,1-8,13H2,(H,14,17);2*1H. The molecule has 116 valence electrons. The van der Waals surface area contributed by atoms with Crippen LogP contribution in [0.1, 0.15) is 25.0 Å². The third-order valence-electron chi connectivity index (χ3n) is 2.99. The van der Waals surface area contributed by atoms with E-state index in [0.717, 1.165) is 30.3 Å². The first kappa shape index (κ1) is 19.4. The fourth-order valence-electron chi connectivity index (χ4n) is 2.01. The van der Waals surface area contributed by atoms with Crippen LogP contribution in [0.2, 0.25) is 0 Å². The molecular weight excluding hydrogens is 319 g/mol. The van der Waals surface area contributed by atoms with E-state index < -0.39 is 0 Å². The summed E-state index contributed by atoms with van der Waals surface area (Å²) in [5, 5.41) is 6.05. The number of nitrogens with one attached hydrogen (secondary N) is 1. The Labute approximate surface area is 136 Å². The van der Waals surface area contributed by atoms with Crippen LogP contribution in [-0.4, -0.2) is 37.1 Å². The molecule has 5 nitrogen and oxygen atoms in total. The van der Waals surface area contributed by atoms with Crippen LogP contribution in [0.4, 0.5) is 5.13 Å². The lowest BCUT2D eigenvalue weighted by Crippen LogP contribution is -2.27. The minimum Gasteiger partial charge on any atom is -0.356 e. The zero-order chi connectivity index (χ0) is 12.8. The van der Waals surface area contributed by atoms with Crippen molar-refractivity contribution >= 4 is 47.2 Å². The van der Waals surface area contributed by atoms with Crippen LogP contribution in [0, 0.1) is 0 Å². The second-order valence-corrected chi connectivity index (χ2v) is 5.29. The number of nitrogens with two attached hydrogens (primary N) is 1. The Balaban J connectivity index is 0.00000180. The summed E-state index contributed by atoms with van der Waals surface area (Å²) < 4.78 is 0. The molecule has 2 heterocycles. The number of rotatable bonds is 6. The van der Waals surface area contributed by atoms with E-state index in [-0.39, 0.29) is 30.7 Å². The Morgan fingerprint density at radius 1 is 1.40 bits per heavy atom. The molecule has 0 bridgehead atoms. The van der Waals surface area contributed by atoms with Crippen LogP contribution >= 0.6 is 36.2 Å². The molecule has 1 fully saturated rings. The van der Waals surface area contributed by atoms with Gasteiger partial charge in [0.25, 0.3) is 0 Å². The Morgan fingerprint density at radius 3 is 2.75 bits per heavy atom. The Bertz CT molecular complexity index is 397. The molecule has 8 heteroatoms. The maximum Gasteiger partial charge on any atom is 0.221 e. The van der Waals surface area contributed by atoms with Crippen LogP contribution < -0.4 is 16.0 Å². The quantitative estimate of drug-likeness (QED) is 0.824. The van der Waals surface area contributed by atoms with Gasteiger partial charge in [0.05, 0.1) is 5.69 Å². The Morgan fingerprint density at radius 2 is 2.10 bits per heavy atom. The molecule has 1 amide bonds. The molecular formula is C12H22Cl2N4OS. The molecule has 0 aliphatic carbocycles. The highest BCUT2D eigenvalue weighted by molar-refractivity contribution is 7.13. The Hall–Kier alpha value is -0.560. The van der Waals surface area contributed by atoms with Gasteiger partial charge in [-0.15, -0.1) is 36.2 Å². The van der Waals surface area contributed by atoms with E-state index in [9.17, 15) is 4.79 Å². The van der Waals surface area contributed by atoms with Gasteiger partial charge in [0.1, 0.15) is 0 Å². The number of carbonyl (C=O) groups excluding carboxylic acids is 1. The summed E-state index contributed by atoms with van der Waals surface area (Å²) in [5.74, 6) is 0.0208. The molecule has 1 aromatic rings. The number of anilines is 1. The van der Waals surface area contributed by atoms with Gasteiger partial charge in [-0.25, -0.2) is 4.98 Å². The zero-order valence-corrected chi connectivity index (χ0v) is 13.8. The van der Waals surface area contributed by atoms with E-state index >= 15 is 0 Å². The maximum absolute atomic E-state index is 11.2. The van der Waals surface area contributed by atoms with Gasteiger partial charge in [-0.1, -0.05) is 0 Å². The molecule has 0 saturated carbocycles. The maximum atomic E-state index is 11.2. The van der Waals surface area contributed by atoms with Gasteiger partial charge in [0.2, 0.25) is 5.91 Å². The number of thiazole rings is 1. The minimum atomic E-state index is 0. The number of amides is 1. The predicted molar refractivity (Wildman–Crippen MR) is 88.4 cm³/mol. The van der Waals surface area contributed by atoms with Crippen molar-refractivity contribution in [3.05, 3.63) is 11.1 Å². The fourth-order valence-corrected chi connectivity index (χ4v) is 2.93. The lowest BCUT2D eigenvalue weighted by atomic mass is 10.3. The van der Waals surface area contributed by atoms with Gasteiger partial charge in [-0.05, 0) is 12.8 Å². The number of hydrogen-bond donors (Lipinski definition) is 2. The van der Waals surface area contributed by atoms with Crippen molar-refractivity contribution in [2.75, 3.05) is 31.1 Å². The number of halogens is 2. The lowest BCUT2D eigenvalue weighted by Gasteiger charge is -2.12. The number of carbonyl (C=O) groups is 1. The summed E-state index contributed by atoms with van der Waals surface area (Å²) in [6, 6.07) is 0. The monoisotopic (exact) mass is 340 g/mol. The van der Waals surface area contributed by atoms with E-state index in [2.05, 4.69) is 20.6 Å². The summed E-state index contributed by atoms with van der Waals surface area (Å²) in [6.07, 6.45) is 3.73. The van der Waals surface area contributed by atoms with Gasteiger partial charge in [0.15, 0.2) is 5.13 Å². The van der Waals surface area contributed by atoms with Gasteiger partial charge in [0, 0.05) is 44.4 Å². The molecule has 0 aromatic carbocycles. The lowest BCUT2D eigenvalue weighted by molar-refractivity contribution is -0.120. The average Bonchev–Trinajstić information content (AvgIpc) is 2.99. The summed E-state index contributed by atoms with van der Waals surface area (Å²) in [6.45, 7) is 3.30. The normalized spacial score (nSPS) is 13.6. The molecule has 0 spiro atoms. The van der Waals surface area contributed by atoms with E-state index in [1.165, 1.54) is 12.8 Å². The van der Waals surface area contributed by atoms with Gasteiger partial charge < -0.3 is 16.0 Å². The smallest absolute Gasteiger partial charge is 0.221 e. The molecule has 0 radical (unpaired) electrons. The van der Waals surface area contributed by atoms with Crippen molar-refractivity contribution in [3.63, 3.8) is 0 Å². The van der Waals surface area contributed by atoms with E-state index in [4.69, 9.17) is 5.73 Å². The zero-order valence-electron chi connectivity index (χ0n) is 11.3. The highest BCUT2D eigenvalue weighted by atomic mass is 35.5. The molecule has 2 rings (SSSR count). The number of nitrogens with zero attached hydrogens (tertiary/aromatic N) is 2. The molecule has 0 atom stereocenters. The molecule has 1 saturated heterocycles. The first-order valence-corrected chi connectivity index (χ1v) is 7.33. The molecule has 20 heavy (non-hydrogen) atoms. The number of hydrogen-bond acceptors (Lipinski definition) is 5. The van der Waals surface area contributed by atoms with Crippen LogP contribution in [0.25, 0.3) is 0 Å². The van der Waals surface area contributed by atoms with Crippen molar-refractivity contribution in [2.24, 2.45) is 5.73 Å². The minimum absolute atomic E-state index is 0. The topological polar surface area (TPSA) is 71.2 Å². The summed E-state index contributed by atoms with van der Waals surface area (Å²) in [7, 11) is 0. The first-order chi connectivity index (χ1) is 8.79. The van der Waals surface area contributed by atoms with Crippen molar-refractivity contribution in [3.8, 4) is 0 Å². The first-order valence-electron chi connectivity index (χ1n) is 6.45. The van der Waals surface area contributed by atoms with E-state index in [0.29, 0.717) is 19.5 Å². The van der Waals surface area contributed by atoms with Crippen LogP contribution in [0.5, 0.6) is 0 Å². The van der Waals surface area contributed by atoms with Crippen LogP contribution in [-0.2, 0) is 11.2 Å². The summed E-state index contributed by atoms with van der Waals surface area (Å²) in [5.41, 5.74) is 6.37. The van der Waals surface area contributed by atoms with Gasteiger partial charge in [-0.2, -0.15) is 0 Å². The molecule has 1 aliphatic heterocycles. The van der Waals surface area contributed by atoms with Crippen molar-refractivity contribution in [1.82, 2.24) is 10.3 Å². The predicted octanol–water partition coefficient (Wildman–Crippen LogP) is 1.59. The van der Waals surface area contributed by atoms with E-state index in [1.54, 1.807) is 11.3 Å².